The van der Waals surface area contributed by atoms with Gasteiger partial charge in [0.05, 0.1) is 0 Å². The lowest BCUT2D eigenvalue weighted by Crippen LogP contribution is -1.56. The standard InChI is InChI=1S/C6H6O.C6H6.2C3H8.5C2H6.CH4O/c7-6-4-2-1-3-5-6;1-2-4-6-5-3-1;2*1-3-2;6*1-2/h1-5,7H;1-6H;2*3H2,1-2H3;5*1-2H3;2H,1H3. The fraction of sp³-hybridized carbons (Fsp3) is 0.586. The summed E-state index contributed by atoms with van der Waals surface area (Å²) < 4.78 is 0. The molecule has 0 heterocycles. The Hall–Kier alpha value is -1.80. The molecular weight excluding hydrogens is 380 g/mol. The van der Waals surface area contributed by atoms with E-state index in [2.05, 4.69) is 27.7 Å². The van der Waals surface area contributed by atoms with Gasteiger partial charge in [0.1, 0.15) is 5.75 Å². The van der Waals surface area contributed by atoms with Gasteiger partial charge in [-0.25, -0.2) is 0 Å². The number of aliphatic hydroxyl groups is 1. The Labute approximate surface area is 199 Å². The Morgan fingerprint density at radius 3 is 0.645 bits per heavy atom. The summed E-state index contributed by atoms with van der Waals surface area (Å²) in [5, 5.41) is 15.6. The molecule has 0 aliphatic carbocycles. The van der Waals surface area contributed by atoms with Crippen LogP contribution in [0.25, 0.3) is 0 Å². The van der Waals surface area contributed by atoms with Crippen LogP contribution in [0.3, 0.4) is 0 Å². The van der Waals surface area contributed by atoms with Gasteiger partial charge >= 0.3 is 0 Å². The van der Waals surface area contributed by atoms with Gasteiger partial charge < -0.3 is 10.2 Å². The van der Waals surface area contributed by atoms with Gasteiger partial charge in [-0.15, -0.1) is 0 Å². The highest BCUT2D eigenvalue weighted by molar-refractivity contribution is 5.18. The van der Waals surface area contributed by atoms with E-state index < -0.39 is 0 Å². The molecule has 0 saturated heterocycles. The summed E-state index contributed by atoms with van der Waals surface area (Å²) in [4.78, 5) is 0. The van der Waals surface area contributed by atoms with E-state index in [1.54, 1.807) is 24.3 Å². The van der Waals surface area contributed by atoms with Crippen LogP contribution in [0.4, 0.5) is 0 Å². The molecule has 0 bridgehead atoms. The first kappa shape index (κ1) is 51.7. The maximum atomic E-state index is 8.63. The zero-order chi connectivity index (χ0) is 26.8. The van der Waals surface area contributed by atoms with Gasteiger partial charge in [0.15, 0.2) is 0 Å². The normalized spacial score (nSPS) is 5.81. The monoisotopic (exact) mass is 442 g/mol. The van der Waals surface area contributed by atoms with Crippen LogP contribution >= 0.6 is 0 Å². The average Bonchev–Trinajstić information content (AvgIpc) is 2.89. The largest absolute Gasteiger partial charge is 0.508 e. The highest BCUT2D eigenvalue weighted by atomic mass is 16.3. The van der Waals surface area contributed by atoms with Crippen molar-refractivity contribution in [3.63, 3.8) is 0 Å². The molecule has 0 spiro atoms. The number of phenols is 1. The fourth-order valence-corrected chi connectivity index (χ4v) is 0.813. The van der Waals surface area contributed by atoms with Crippen molar-refractivity contribution >= 4 is 0 Å². The number of para-hydroxylation sites is 1. The van der Waals surface area contributed by atoms with Crippen LogP contribution in [-0.4, -0.2) is 17.3 Å². The van der Waals surface area contributed by atoms with E-state index in [0.29, 0.717) is 5.75 Å². The minimum absolute atomic E-state index is 0.322. The molecule has 0 radical (unpaired) electrons. The predicted molar refractivity (Wildman–Crippen MR) is 151 cm³/mol. The predicted octanol–water partition coefficient (Wildman–Crippen LogP) is 10.7. The van der Waals surface area contributed by atoms with Gasteiger partial charge in [0.25, 0.3) is 0 Å². The zero-order valence-corrected chi connectivity index (χ0v) is 24.2. The van der Waals surface area contributed by atoms with Crippen LogP contribution in [0.15, 0.2) is 66.7 Å². The van der Waals surface area contributed by atoms with Crippen molar-refractivity contribution in [3.05, 3.63) is 66.7 Å². The van der Waals surface area contributed by atoms with Crippen molar-refractivity contribution in [1.29, 1.82) is 0 Å². The van der Waals surface area contributed by atoms with E-state index in [1.807, 2.05) is 112 Å². The second-order valence-corrected chi connectivity index (χ2v) is 3.90. The lowest BCUT2D eigenvalue weighted by atomic mass is 10.3. The van der Waals surface area contributed by atoms with Crippen LogP contribution in [-0.2, 0) is 0 Å². The summed E-state index contributed by atoms with van der Waals surface area (Å²) >= 11 is 0. The lowest BCUT2D eigenvalue weighted by molar-refractivity contribution is 0.399. The summed E-state index contributed by atoms with van der Waals surface area (Å²) in [7, 11) is 1.00. The van der Waals surface area contributed by atoms with Gasteiger partial charge in [0.2, 0.25) is 0 Å². The van der Waals surface area contributed by atoms with Crippen molar-refractivity contribution in [2.45, 2.75) is 110 Å². The number of aromatic hydroxyl groups is 1. The minimum Gasteiger partial charge on any atom is -0.508 e. The smallest absolute Gasteiger partial charge is 0.115 e. The highest BCUT2D eigenvalue weighted by Gasteiger charge is 1.74. The molecule has 0 amide bonds. The van der Waals surface area contributed by atoms with E-state index in [1.165, 1.54) is 12.8 Å². The average molecular weight is 443 g/mol. The third-order valence-corrected chi connectivity index (χ3v) is 1.42. The molecule has 0 atom stereocenters. The molecule has 2 nitrogen and oxygen atoms in total. The molecule has 0 saturated carbocycles. The first-order valence-electron chi connectivity index (χ1n) is 12.4. The third kappa shape index (κ3) is 130. The van der Waals surface area contributed by atoms with E-state index in [9.17, 15) is 0 Å². The third-order valence-electron chi connectivity index (χ3n) is 1.42. The van der Waals surface area contributed by atoms with E-state index in [4.69, 9.17) is 10.2 Å². The van der Waals surface area contributed by atoms with Crippen molar-refractivity contribution < 1.29 is 10.2 Å². The summed E-state index contributed by atoms with van der Waals surface area (Å²) in [5.74, 6) is 0.322. The Kier molecular flexibility index (Phi) is 172. The highest BCUT2D eigenvalue weighted by Crippen LogP contribution is 2.02. The molecule has 2 aromatic carbocycles. The maximum Gasteiger partial charge on any atom is 0.115 e. The molecule has 0 aliphatic heterocycles. The molecule has 190 valence electrons. The second kappa shape index (κ2) is 103. The maximum absolute atomic E-state index is 8.63. The molecular formula is C29H62O2. The molecule has 31 heavy (non-hydrogen) atoms. The molecule has 2 heteroatoms. The molecule has 0 aromatic heterocycles. The fourth-order valence-electron chi connectivity index (χ4n) is 0.813. The Morgan fingerprint density at radius 2 is 0.548 bits per heavy atom. The molecule has 0 aliphatic rings. The van der Waals surface area contributed by atoms with Crippen LogP contribution in [0.1, 0.15) is 110 Å². The van der Waals surface area contributed by atoms with Crippen molar-refractivity contribution in [2.24, 2.45) is 0 Å². The van der Waals surface area contributed by atoms with Crippen molar-refractivity contribution in [2.75, 3.05) is 7.11 Å². The van der Waals surface area contributed by atoms with E-state index in [0.717, 1.165) is 7.11 Å². The molecule has 2 aromatic rings. The van der Waals surface area contributed by atoms with E-state index in [-0.39, 0.29) is 0 Å². The topological polar surface area (TPSA) is 40.5 Å². The summed E-state index contributed by atoms with van der Waals surface area (Å²) in [5.41, 5.74) is 0. The lowest BCUT2D eigenvalue weighted by Gasteiger charge is -1.82. The Morgan fingerprint density at radius 1 is 0.419 bits per heavy atom. The van der Waals surface area contributed by atoms with Gasteiger partial charge in [-0.2, -0.15) is 0 Å². The quantitative estimate of drug-likeness (QED) is 0.426. The molecule has 0 unspecified atom stereocenters. The second-order valence-electron chi connectivity index (χ2n) is 3.90. The van der Waals surface area contributed by atoms with Crippen LogP contribution in [0.5, 0.6) is 5.75 Å². The van der Waals surface area contributed by atoms with Gasteiger partial charge in [-0.05, 0) is 12.1 Å². The van der Waals surface area contributed by atoms with Crippen molar-refractivity contribution in [1.82, 2.24) is 0 Å². The summed E-state index contributed by atoms with van der Waals surface area (Å²) in [6.45, 7) is 28.5. The minimum atomic E-state index is 0.322. The number of hydrogen-bond acceptors (Lipinski definition) is 2. The van der Waals surface area contributed by atoms with Crippen LogP contribution < -0.4 is 0 Å². The first-order chi connectivity index (χ1) is 15.2. The summed E-state index contributed by atoms with van der Waals surface area (Å²) in [6, 6.07) is 20.7. The van der Waals surface area contributed by atoms with Gasteiger partial charge in [0, 0.05) is 7.11 Å². The molecule has 2 N–H and O–H groups in total. The SMILES string of the molecule is CC.CC.CC.CC.CC.CCC.CCC.CO.Oc1ccccc1.c1ccccc1. The molecule has 0 fully saturated rings. The Bertz CT molecular complexity index is 306. The zero-order valence-electron chi connectivity index (χ0n) is 24.2. The first-order valence-corrected chi connectivity index (χ1v) is 12.4. The van der Waals surface area contributed by atoms with Crippen LogP contribution in [0.2, 0.25) is 0 Å². The van der Waals surface area contributed by atoms with Crippen molar-refractivity contribution in [3.8, 4) is 5.75 Å². The Balaban J connectivity index is -0.0000000338. The number of rotatable bonds is 0. The van der Waals surface area contributed by atoms with Crippen LogP contribution in [0, 0.1) is 0 Å². The number of aliphatic hydroxyl groups excluding tert-OH is 1. The number of phenolic OH excluding ortho intramolecular Hbond substituents is 1. The number of benzene rings is 2. The van der Waals surface area contributed by atoms with E-state index >= 15 is 0 Å². The van der Waals surface area contributed by atoms with Gasteiger partial charge in [-0.3, -0.25) is 0 Å². The van der Waals surface area contributed by atoms with Gasteiger partial charge in [-0.1, -0.05) is 164 Å². The number of hydrogen-bond donors (Lipinski definition) is 2. The summed E-state index contributed by atoms with van der Waals surface area (Å²) in [6.07, 6.45) is 2.50. The molecule has 2 rings (SSSR count).